The minimum Gasteiger partial charge on any atom is -0.379 e. The zero-order valence-corrected chi connectivity index (χ0v) is 18.6. The van der Waals surface area contributed by atoms with Crippen LogP contribution in [-0.2, 0) is 28.4 Å². The molecule has 28 heavy (non-hydrogen) atoms. The van der Waals surface area contributed by atoms with Crippen molar-refractivity contribution in [2.45, 2.75) is 65.2 Å². The van der Waals surface area contributed by atoms with Crippen LogP contribution in [0, 0.1) is 0 Å². The molecule has 0 aromatic rings. The molecule has 0 aliphatic heterocycles. The molecule has 0 atom stereocenters. The van der Waals surface area contributed by atoms with Crippen LogP contribution in [0.1, 0.15) is 65.2 Å². The third kappa shape index (κ3) is 25.8. The lowest BCUT2D eigenvalue weighted by molar-refractivity contribution is -0.0169. The first-order chi connectivity index (χ1) is 13.9. The second-order valence-corrected chi connectivity index (χ2v) is 6.80. The maximum Gasteiger partial charge on any atom is 0.0701 e. The molecule has 6 nitrogen and oxygen atoms in total. The number of ether oxygens (including phenoxy) is 6. The van der Waals surface area contributed by atoms with Gasteiger partial charge in [-0.25, -0.2) is 0 Å². The van der Waals surface area contributed by atoms with Crippen LogP contribution in [0.2, 0.25) is 0 Å². The van der Waals surface area contributed by atoms with Crippen molar-refractivity contribution in [3.8, 4) is 0 Å². The van der Waals surface area contributed by atoms with Crippen LogP contribution in [0.4, 0.5) is 0 Å². The third-order valence-corrected chi connectivity index (χ3v) is 4.14. The van der Waals surface area contributed by atoms with E-state index in [1.54, 1.807) is 0 Å². The standard InChI is InChI=1S/C22H46O6/c1-3-5-7-8-10-12-24-14-16-26-18-20-28-22-21-27-19-17-25-15-13-23-11-9-6-4-2/h3-22H2,1-2H3. The molecule has 0 rings (SSSR count). The molecule has 0 saturated carbocycles. The van der Waals surface area contributed by atoms with E-state index in [1.807, 2.05) is 0 Å². The highest BCUT2D eigenvalue weighted by Gasteiger charge is 1.95. The fourth-order valence-corrected chi connectivity index (χ4v) is 2.46. The Hall–Kier alpha value is -0.240. The van der Waals surface area contributed by atoms with Crippen LogP contribution in [0.25, 0.3) is 0 Å². The van der Waals surface area contributed by atoms with Gasteiger partial charge >= 0.3 is 0 Å². The van der Waals surface area contributed by atoms with Crippen LogP contribution < -0.4 is 0 Å². The van der Waals surface area contributed by atoms with Crippen molar-refractivity contribution in [3.05, 3.63) is 0 Å². The van der Waals surface area contributed by atoms with Crippen LogP contribution in [0.3, 0.4) is 0 Å². The molecule has 0 aromatic heterocycles. The van der Waals surface area contributed by atoms with Crippen molar-refractivity contribution in [1.29, 1.82) is 0 Å². The fourth-order valence-electron chi connectivity index (χ4n) is 2.46. The highest BCUT2D eigenvalue weighted by molar-refractivity contribution is 4.42. The Morgan fingerprint density at radius 3 is 0.893 bits per heavy atom. The Balaban J connectivity index is 2.96. The average molecular weight is 407 g/mol. The van der Waals surface area contributed by atoms with Gasteiger partial charge in [0.1, 0.15) is 0 Å². The van der Waals surface area contributed by atoms with Gasteiger partial charge in [0.15, 0.2) is 0 Å². The molecule has 170 valence electrons. The molecule has 0 bridgehead atoms. The fraction of sp³-hybridized carbons (Fsp3) is 1.00. The van der Waals surface area contributed by atoms with Gasteiger partial charge in [-0.2, -0.15) is 0 Å². The normalized spacial score (nSPS) is 11.4. The monoisotopic (exact) mass is 406 g/mol. The Morgan fingerprint density at radius 2 is 0.536 bits per heavy atom. The van der Waals surface area contributed by atoms with Crippen molar-refractivity contribution in [3.63, 3.8) is 0 Å². The van der Waals surface area contributed by atoms with Gasteiger partial charge in [-0.1, -0.05) is 52.4 Å². The molecule has 0 spiro atoms. The smallest absolute Gasteiger partial charge is 0.0701 e. The molecular weight excluding hydrogens is 360 g/mol. The zero-order valence-electron chi connectivity index (χ0n) is 18.6. The van der Waals surface area contributed by atoms with E-state index in [-0.39, 0.29) is 0 Å². The maximum absolute atomic E-state index is 5.54. The van der Waals surface area contributed by atoms with Gasteiger partial charge in [0, 0.05) is 13.2 Å². The predicted molar refractivity (Wildman–Crippen MR) is 113 cm³/mol. The first-order valence-corrected chi connectivity index (χ1v) is 11.4. The summed E-state index contributed by atoms with van der Waals surface area (Å²) in [6.45, 7) is 12.2. The van der Waals surface area contributed by atoms with Crippen LogP contribution >= 0.6 is 0 Å². The molecule has 0 aliphatic carbocycles. The topological polar surface area (TPSA) is 55.4 Å². The van der Waals surface area contributed by atoms with Crippen molar-refractivity contribution < 1.29 is 28.4 Å². The average Bonchev–Trinajstić information content (AvgIpc) is 2.71. The van der Waals surface area contributed by atoms with Crippen molar-refractivity contribution >= 4 is 0 Å². The van der Waals surface area contributed by atoms with E-state index in [0.717, 1.165) is 26.1 Å². The minimum absolute atomic E-state index is 0.581. The minimum atomic E-state index is 0.581. The summed E-state index contributed by atoms with van der Waals surface area (Å²) in [6, 6.07) is 0. The van der Waals surface area contributed by atoms with Gasteiger partial charge in [-0.3, -0.25) is 0 Å². The van der Waals surface area contributed by atoms with E-state index in [2.05, 4.69) is 13.8 Å². The van der Waals surface area contributed by atoms with Crippen molar-refractivity contribution in [1.82, 2.24) is 0 Å². The van der Waals surface area contributed by atoms with Gasteiger partial charge in [-0.05, 0) is 12.8 Å². The first kappa shape index (κ1) is 27.8. The second kappa shape index (κ2) is 26.8. The number of hydrogen-bond acceptors (Lipinski definition) is 6. The summed E-state index contributed by atoms with van der Waals surface area (Å²) in [7, 11) is 0. The van der Waals surface area contributed by atoms with E-state index < -0.39 is 0 Å². The van der Waals surface area contributed by atoms with E-state index in [4.69, 9.17) is 28.4 Å². The molecule has 0 saturated heterocycles. The van der Waals surface area contributed by atoms with Crippen LogP contribution in [-0.4, -0.2) is 79.3 Å². The Labute approximate surface area is 173 Å². The summed E-state index contributed by atoms with van der Waals surface area (Å²) in [5.74, 6) is 0. The van der Waals surface area contributed by atoms with E-state index >= 15 is 0 Å². The highest BCUT2D eigenvalue weighted by atomic mass is 16.6. The molecule has 6 heteroatoms. The Morgan fingerprint density at radius 1 is 0.286 bits per heavy atom. The van der Waals surface area contributed by atoms with Gasteiger partial charge in [-0.15, -0.1) is 0 Å². The van der Waals surface area contributed by atoms with Gasteiger partial charge in [0.2, 0.25) is 0 Å². The predicted octanol–water partition coefficient (Wildman–Crippen LogP) is 4.25. The first-order valence-electron chi connectivity index (χ1n) is 11.4. The number of hydrogen-bond donors (Lipinski definition) is 0. The molecule has 0 aliphatic rings. The van der Waals surface area contributed by atoms with Crippen LogP contribution in [0.15, 0.2) is 0 Å². The molecule has 0 radical (unpaired) electrons. The quantitative estimate of drug-likeness (QED) is 0.211. The molecule has 0 heterocycles. The van der Waals surface area contributed by atoms with Gasteiger partial charge in [0.25, 0.3) is 0 Å². The summed E-state index contributed by atoms with van der Waals surface area (Å²) in [5, 5.41) is 0. The van der Waals surface area contributed by atoms with E-state index in [0.29, 0.717) is 66.1 Å². The van der Waals surface area contributed by atoms with Crippen molar-refractivity contribution in [2.75, 3.05) is 79.3 Å². The molecule has 0 N–H and O–H groups in total. The van der Waals surface area contributed by atoms with Crippen LogP contribution in [0.5, 0.6) is 0 Å². The lowest BCUT2D eigenvalue weighted by Crippen LogP contribution is -2.14. The summed E-state index contributed by atoms with van der Waals surface area (Å²) >= 11 is 0. The molecule has 0 unspecified atom stereocenters. The lowest BCUT2D eigenvalue weighted by atomic mass is 10.2. The summed E-state index contributed by atoms with van der Waals surface area (Å²) in [4.78, 5) is 0. The third-order valence-electron chi connectivity index (χ3n) is 4.14. The zero-order chi connectivity index (χ0) is 20.4. The highest BCUT2D eigenvalue weighted by Crippen LogP contribution is 2.02. The molecular formula is C22H46O6. The lowest BCUT2D eigenvalue weighted by Gasteiger charge is -2.08. The summed E-state index contributed by atoms with van der Waals surface area (Å²) in [5.41, 5.74) is 0. The number of unbranched alkanes of at least 4 members (excludes halogenated alkanes) is 6. The second-order valence-electron chi connectivity index (χ2n) is 6.80. The van der Waals surface area contributed by atoms with E-state index in [9.17, 15) is 0 Å². The van der Waals surface area contributed by atoms with E-state index in [1.165, 1.54) is 38.5 Å². The molecule has 0 amide bonds. The summed E-state index contributed by atoms with van der Waals surface area (Å²) in [6.07, 6.45) is 9.95. The molecule has 0 aromatic carbocycles. The SMILES string of the molecule is CCCCCCCOCCOCCOCCOCCOCCOCCCCC. The largest absolute Gasteiger partial charge is 0.379 e. The van der Waals surface area contributed by atoms with Gasteiger partial charge < -0.3 is 28.4 Å². The number of rotatable bonds is 25. The maximum atomic E-state index is 5.54. The van der Waals surface area contributed by atoms with Crippen molar-refractivity contribution in [2.24, 2.45) is 0 Å². The Bertz CT molecular complexity index is 239. The molecule has 0 fully saturated rings. The summed E-state index contributed by atoms with van der Waals surface area (Å²) < 4.78 is 32.8. The van der Waals surface area contributed by atoms with Gasteiger partial charge in [0.05, 0.1) is 66.1 Å². The Kier molecular flexibility index (Phi) is 26.5.